The van der Waals surface area contributed by atoms with E-state index < -0.39 is 6.16 Å². The lowest BCUT2D eigenvalue weighted by Crippen LogP contribution is -2.16. The molecule has 0 heterocycles. The van der Waals surface area contributed by atoms with Crippen LogP contribution in [-0.2, 0) is 14.3 Å². The smallest absolute Gasteiger partial charge is 0.432 e. The quantitative estimate of drug-likeness (QED) is 0.357. The van der Waals surface area contributed by atoms with Gasteiger partial charge in [0.2, 0.25) is 6.79 Å². The van der Waals surface area contributed by atoms with Gasteiger partial charge in [-0.25, -0.2) is 10.7 Å². The summed E-state index contributed by atoms with van der Waals surface area (Å²) >= 11 is 0. The van der Waals surface area contributed by atoms with Gasteiger partial charge in [-0.15, -0.1) is 0 Å². The lowest BCUT2D eigenvalue weighted by molar-refractivity contribution is -0.0529. The predicted molar refractivity (Wildman–Crippen MR) is 32.8 cm³/mol. The van der Waals surface area contributed by atoms with Gasteiger partial charge < -0.3 is 9.47 Å². The topological polar surface area (TPSA) is 70.8 Å². The molecule has 0 aliphatic rings. The summed E-state index contributed by atoms with van der Waals surface area (Å²) in [5, 5.41) is 0. The van der Waals surface area contributed by atoms with Crippen LogP contribution in [0.15, 0.2) is 0 Å². The van der Waals surface area contributed by atoms with Crippen LogP contribution >= 0.6 is 0 Å². The fourth-order valence-electron chi connectivity index (χ4n) is 0.309. The Balaban J connectivity index is 3.26. The van der Waals surface area contributed by atoms with Gasteiger partial charge in [0.25, 0.3) is 0 Å². The summed E-state index contributed by atoms with van der Waals surface area (Å²) < 4.78 is 8.85. The molecule has 0 aliphatic heterocycles. The average Bonchev–Trinajstić information content (AvgIpc) is 1.82. The first-order chi connectivity index (χ1) is 4.66. The third kappa shape index (κ3) is 5.33. The molecule has 0 saturated carbocycles. The minimum Gasteiger partial charge on any atom is -0.432 e. The van der Waals surface area contributed by atoms with Gasteiger partial charge in [0, 0.05) is 0 Å². The second-order valence-electron chi connectivity index (χ2n) is 1.85. The molecule has 0 unspecified atom stereocenters. The van der Waals surface area contributed by atoms with E-state index in [1.54, 1.807) is 13.8 Å². The highest BCUT2D eigenvalue weighted by Gasteiger charge is 2.04. The zero-order chi connectivity index (χ0) is 7.98. The van der Waals surface area contributed by atoms with Crippen molar-refractivity contribution in [3.05, 3.63) is 0 Å². The standard InChI is InChI=1S/C5H11NO4/c1-4(2)10-5(7)8-3-9-6/h4H,3,6H2,1-2H3. The maximum Gasteiger partial charge on any atom is 0.510 e. The number of carbonyl (C=O) groups is 1. The Hall–Kier alpha value is -0.810. The summed E-state index contributed by atoms with van der Waals surface area (Å²) in [7, 11) is 0. The molecule has 0 atom stereocenters. The Morgan fingerprint density at radius 1 is 1.60 bits per heavy atom. The molecule has 2 N–H and O–H groups in total. The van der Waals surface area contributed by atoms with Gasteiger partial charge in [0.15, 0.2) is 0 Å². The van der Waals surface area contributed by atoms with E-state index in [0.717, 1.165) is 0 Å². The monoisotopic (exact) mass is 149 g/mol. The van der Waals surface area contributed by atoms with Gasteiger partial charge in [0.05, 0.1) is 6.10 Å². The number of ether oxygens (including phenoxy) is 2. The fraction of sp³-hybridized carbons (Fsp3) is 0.800. The van der Waals surface area contributed by atoms with Crippen molar-refractivity contribution in [3.63, 3.8) is 0 Å². The fourth-order valence-corrected chi connectivity index (χ4v) is 0.309. The molecular weight excluding hydrogens is 138 g/mol. The van der Waals surface area contributed by atoms with Crippen LogP contribution in [-0.4, -0.2) is 19.1 Å². The van der Waals surface area contributed by atoms with Crippen molar-refractivity contribution in [2.45, 2.75) is 20.0 Å². The highest BCUT2D eigenvalue weighted by Crippen LogP contribution is 1.91. The Morgan fingerprint density at radius 3 is 2.60 bits per heavy atom. The lowest BCUT2D eigenvalue weighted by Gasteiger charge is -2.06. The van der Waals surface area contributed by atoms with E-state index in [4.69, 9.17) is 0 Å². The van der Waals surface area contributed by atoms with E-state index >= 15 is 0 Å². The summed E-state index contributed by atoms with van der Waals surface area (Å²) in [6, 6.07) is 0. The van der Waals surface area contributed by atoms with Crippen molar-refractivity contribution >= 4 is 6.16 Å². The minimum absolute atomic E-state index is 0.190. The molecular formula is C5H11NO4. The summed E-state index contributed by atoms with van der Waals surface area (Å²) in [5.74, 6) is 4.57. The molecule has 0 aromatic heterocycles. The first-order valence-corrected chi connectivity index (χ1v) is 2.82. The van der Waals surface area contributed by atoms with Crippen LogP contribution in [0.25, 0.3) is 0 Å². The molecule has 0 bridgehead atoms. The van der Waals surface area contributed by atoms with E-state index in [2.05, 4.69) is 20.2 Å². The summed E-state index contributed by atoms with van der Waals surface area (Å²) in [5.41, 5.74) is 0. The first kappa shape index (κ1) is 9.19. The Kier molecular flexibility index (Phi) is 4.61. The van der Waals surface area contributed by atoms with Crippen molar-refractivity contribution in [1.29, 1.82) is 0 Å². The first-order valence-electron chi connectivity index (χ1n) is 2.82. The number of nitrogens with two attached hydrogens (primary N) is 1. The molecule has 60 valence electrons. The summed E-state index contributed by atoms with van der Waals surface area (Å²) in [6.07, 6.45) is -0.967. The van der Waals surface area contributed by atoms with E-state index in [0.29, 0.717) is 0 Å². The highest BCUT2D eigenvalue weighted by atomic mass is 16.8. The van der Waals surface area contributed by atoms with E-state index in [1.807, 2.05) is 0 Å². The van der Waals surface area contributed by atoms with Gasteiger partial charge in [0.1, 0.15) is 0 Å². The highest BCUT2D eigenvalue weighted by molar-refractivity contribution is 5.59. The van der Waals surface area contributed by atoms with Crippen LogP contribution in [0.1, 0.15) is 13.8 Å². The SMILES string of the molecule is CC(C)OC(=O)OCON. The predicted octanol–water partition coefficient (Wildman–Crippen LogP) is 0.396. The molecule has 0 spiro atoms. The van der Waals surface area contributed by atoms with Crippen molar-refractivity contribution < 1.29 is 19.1 Å². The second-order valence-corrected chi connectivity index (χ2v) is 1.85. The molecule has 5 heteroatoms. The van der Waals surface area contributed by atoms with Gasteiger partial charge in [-0.05, 0) is 13.8 Å². The zero-order valence-corrected chi connectivity index (χ0v) is 5.99. The zero-order valence-electron chi connectivity index (χ0n) is 5.99. The molecule has 10 heavy (non-hydrogen) atoms. The molecule has 0 rings (SSSR count). The molecule has 0 aliphatic carbocycles. The second kappa shape index (κ2) is 5.01. The number of rotatable bonds is 3. The van der Waals surface area contributed by atoms with E-state index in [-0.39, 0.29) is 12.9 Å². The van der Waals surface area contributed by atoms with Gasteiger partial charge in [-0.1, -0.05) is 0 Å². The molecule has 0 fully saturated rings. The number of hydrogen-bond acceptors (Lipinski definition) is 5. The summed E-state index contributed by atoms with van der Waals surface area (Å²) in [6.45, 7) is 3.14. The summed E-state index contributed by atoms with van der Waals surface area (Å²) in [4.78, 5) is 14.4. The molecule has 0 aromatic rings. The lowest BCUT2D eigenvalue weighted by atomic mass is 10.5. The van der Waals surface area contributed by atoms with Crippen molar-refractivity contribution in [2.75, 3.05) is 6.79 Å². The molecule has 0 saturated heterocycles. The van der Waals surface area contributed by atoms with Crippen LogP contribution in [0, 0.1) is 0 Å². The van der Waals surface area contributed by atoms with E-state index in [1.165, 1.54) is 0 Å². The van der Waals surface area contributed by atoms with Crippen molar-refractivity contribution in [2.24, 2.45) is 5.90 Å². The normalized spacial score (nSPS) is 9.60. The Bertz CT molecular complexity index is 104. The van der Waals surface area contributed by atoms with Gasteiger partial charge in [-0.3, -0.25) is 4.84 Å². The van der Waals surface area contributed by atoms with Crippen molar-refractivity contribution in [1.82, 2.24) is 0 Å². The largest absolute Gasteiger partial charge is 0.510 e. The van der Waals surface area contributed by atoms with Crippen LogP contribution < -0.4 is 5.90 Å². The molecule has 0 amide bonds. The average molecular weight is 149 g/mol. The van der Waals surface area contributed by atoms with Gasteiger partial charge >= 0.3 is 6.16 Å². The van der Waals surface area contributed by atoms with Crippen LogP contribution in [0.4, 0.5) is 4.79 Å². The molecule has 0 radical (unpaired) electrons. The van der Waals surface area contributed by atoms with Crippen molar-refractivity contribution in [3.8, 4) is 0 Å². The van der Waals surface area contributed by atoms with E-state index in [9.17, 15) is 4.79 Å². The van der Waals surface area contributed by atoms with Crippen LogP contribution in [0.2, 0.25) is 0 Å². The molecule has 5 nitrogen and oxygen atoms in total. The third-order valence-corrected chi connectivity index (χ3v) is 0.577. The maximum atomic E-state index is 10.4. The Morgan fingerprint density at radius 2 is 2.20 bits per heavy atom. The third-order valence-electron chi connectivity index (χ3n) is 0.577. The Labute approximate surface area is 59.0 Å². The van der Waals surface area contributed by atoms with Crippen LogP contribution in [0.3, 0.4) is 0 Å². The molecule has 0 aromatic carbocycles. The number of hydrogen-bond donors (Lipinski definition) is 1. The van der Waals surface area contributed by atoms with Gasteiger partial charge in [-0.2, -0.15) is 0 Å². The minimum atomic E-state index is -0.777. The maximum absolute atomic E-state index is 10.4. The number of carbonyl (C=O) groups excluding carboxylic acids is 1. The van der Waals surface area contributed by atoms with Crippen LogP contribution in [0.5, 0.6) is 0 Å².